The molecule has 1 N–H and O–H groups in total. The first-order valence-corrected chi connectivity index (χ1v) is 7.67. The largest absolute Gasteiger partial charge is 0.468 e. The second-order valence-electron chi connectivity index (χ2n) is 5.53. The molecular formula is C15H28N2O4. The summed E-state index contributed by atoms with van der Waals surface area (Å²) in [6.07, 6.45) is 2.68. The van der Waals surface area contributed by atoms with Gasteiger partial charge in [0.2, 0.25) is 5.91 Å². The lowest BCUT2D eigenvalue weighted by Gasteiger charge is -2.28. The van der Waals surface area contributed by atoms with Gasteiger partial charge < -0.3 is 19.7 Å². The van der Waals surface area contributed by atoms with Crippen LogP contribution in [0.4, 0.5) is 0 Å². The van der Waals surface area contributed by atoms with Crippen molar-refractivity contribution >= 4 is 11.9 Å². The minimum atomic E-state index is -0.379. The Balaban J connectivity index is 2.70. The van der Waals surface area contributed by atoms with Gasteiger partial charge >= 0.3 is 5.97 Å². The maximum absolute atomic E-state index is 12.6. The molecule has 1 rings (SSSR count). The van der Waals surface area contributed by atoms with Crippen molar-refractivity contribution in [3.05, 3.63) is 0 Å². The molecule has 6 heteroatoms. The summed E-state index contributed by atoms with van der Waals surface area (Å²) in [5, 5.41) is 3.17. The molecule has 2 atom stereocenters. The zero-order valence-corrected chi connectivity index (χ0v) is 13.6. The lowest BCUT2D eigenvalue weighted by Crippen LogP contribution is -2.47. The fraction of sp³-hybridized carbons (Fsp3) is 0.867. The van der Waals surface area contributed by atoms with Gasteiger partial charge in [-0.25, -0.2) is 0 Å². The number of hydrogen-bond acceptors (Lipinski definition) is 5. The molecule has 1 heterocycles. The number of rotatable bonds is 8. The van der Waals surface area contributed by atoms with Crippen molar-refractivity contribution in [1.82, 2.24) is 10.2 Å². The third-order valence-electron chi connectivity index (χ3n) is 4.21. The van der Waals surface area contributed by atoms with Crippen LogP contribution in [-0.2, 0) is 19.1 Å². The smallest absolute Gasteiger partial charge is 0.325 e. The summed E-state index contributed by atoms with van der Waals surface area (Å²) >= 11 is 0. The molecule has 0 aromatic rings. The summed E-state index contributed by atoms with van der Waals surface area (Å²) in [6.45, 7) is 5.48. The average molecular weight is 300 g/mol. The van der Waals surface area contributed by atoms with Crippen molar-refractivity contribution in [1.29, 1.82) is 0 Å². The van der Waals surface area contributed by atoms with Crippen LogP contribution in [0.3, 0.4) is 0 Å². The van der Waals surface area contributed by atoms with Gasteiger partial charge in [0.05, 0.1) is 19.3 Å². The molecule has 0 bridgehead atoms. The molecule has 1 fully saturated rings. The van der Waals surface area contributed by atoms with Crippen LogP contribution in [0.1, 0.15) is 33.1 Å². The third-order valence-corrected chi connectivity index (χ3v) is 4.21. The van der Waals surface area contributed by atoms with E-state index in [0.29, 0.717) is 25.4 Å². The Kier molecular flexibility index (Phi) is 7.67. The maximum Gasteiger partial charge on any atom is 0.325 e. The molecule has 2 unspecified atom stereocenters. The number of amides is 1. The second-order valence-corrected chi connectivity index (χ2v) is 5.53. The van der Waals surface area contributed by atoms with Gasteiger partial charge in [-0.2, -0.15) is 0 Å². The van der Waals surface area contributed by atoms with E-state index in [4.69, 9.17) is 9.47 Å². The fourth-order valence-electron chi connectivity index (χ4n) is 2.60. The van der Waals surface area contributed by atoms with E-state index >= 15 is 0 Å². The Morgan fingerprint density at radius 1 is 1.29 bits per heavy atom. The van der Waals surface area contributed by atoms with E-state index < -0.39 is 0 Å². The topological polar surface area (TPSA) is 67.9 Å². The normalized spacial score (nSPS) is 21.6. The highest BCUT2D eigenvalue weighted by Crippen LogP contribution is 2.15. The number of carbonyl (C=O) groups is 2. The number of esters is 1. The summed E-state index contributed by atoms with van der Waals surface area (Å²) in [4.78, 5) is 25.8. The SMILES string of the molecule is CCC(CC)CN(CC(=O)OC)C(=O)C1CC(OC)CN1. The van der Waals surface area contributed by atoms with Gasteiger partial charge in [-0.05, 0) is 12.3 Å². The molecule has 0 aromatic heterocycles. The molecule has 0 aliphatic carbocycles. The first kappa shape index (κ1) is 17.9. The highest BCUT2D eigenvalue weighted by Gasteiger charge is 2.33. The number of nitrogens with one attached hydrogen (secondary N) is 1. The summed E-state index contributed by atoms with van der Waals surface area (Å²) in [6, 6.07) is -0.269. The Labute approximate surface area is 127 Å². The first-order chi connectivity index (χ1) is 10.0. The van der Waals surface area contributed by atoms with Gasteiger partial charge in [-0.3, -0.25) is 9.59 Å². The summed E-state index contributed by atoms with van der Waals surface area (Å²) in [5.41, 5.74) is 0. The van der Waals surface area contributed by atoms with Crippen LogP contribution in [0.5, 0.6) is 0 Å². The van der Waals surface area contributed by atoms with Gasteiger partial charge in [0.15, 0.2) is 0 Å². The van der Waals surface area contributed by atoms with Gasteiger partial charge in [0.1, 0.15) is 6.54 Å². The molecule has 122 valence electrons. The van der Waals surface area contributed by atoms with Crippen molar-refractivity contribution in [3.8, 4) is 0 Å². The lowest BCUT2D eigenvalue weighted by atomic mass is 10.0. The molecule has 0 aromatic carbocycles. The van der Waals surface area contributed by atoms with Gasteiger partial charge in [-0.1, -0.05) is 26.7 Å². The minimum absolute atomic E-state index is 0.0155. The predicted octanol–water partition coefficient (Wildman–Crippen LogP) is 0.801. The zero-order valence-electron chi connectivity index (χ0n) is 13.6. The first-order valence-electron chi connectivity index (χ1n) is 7.67. The molecule has 1 amide bonds. The summed E-state index contributed by atoms with van der Waals surface area (Å²) < 4.78 is 9.98. The standard InChI is InChI=1S/C15H28N2O4/c1-5-11(6-2)9-17(10-14(18)21-4)15(19)13-7-12(20-3)8-16-13/h11-13,16H,5-10H2,1-4H3. The van der Waals surface area contributed by atoms with E-state index in [1.165, 1.54) is 7.11 Å². The number of nitrogens with zero attached hydrogens (tertiary/aromatic N) is 1. The van der Waals surface area contributed by atoms with Gasteiger partial charge in [0, 0.05) is 20.2 Å². The highest BCUT2D eigenvalue weighted by molar-refractivity contribution is 5.86. The molecule has 1 aliphatic heterocycles. The van der Waals surface area contributed by atoms with Crippen molar-refractivity contribution in [2.24, 2.45) is 5.92 Å². The Morgan fingerprint density at radius 2 is 1.95 bits per heavy atom. The van der Waals surface area contributed by atoms with E-state index in [1.807, 2.05) is 0 Å². The molecule has 21 heavy (non-hydrogen) atoms. The molecule has 6 nitrogen and oxygen atoms in total. The summed E-state index contributed by atoms with van der Waals surface area (Å²) in [7, 11) is 2.99. The van der Waals surface area contributed by atoms with Crippen LogP contribution in [0, 0.1) is 5.92 Å². The maximum atomic E-state index is 12.6. The second kappa shape index (κ2) is 9.00. The average Bonchev–Trinajstić information content (AvgIpc) is 2.99. The number of methoxy groups -OCH3 is 2. The Bertz CT molecular complexity index is 345. The molecule has 0 spiro atoms. The van der Waals surface area contributed by atoms with E-state index in [0.717, 1.165) is 12.8 Å². The molecule has 0 radical (unpaired) electrons. The Morgan fingerprint density at radius 3 is 2.43 bits per heavy atom. The predicted molar refractivity (Wildman–Crippen MR) is 79.9 cm³/mol. The fourth-order valence-corrected chi connectivity index (χ4v) is 2.60. The van der Waals surface area contributed by atoms with Crippen molar-refractivity contribution in [2.45, 2.75) is 45.3 Å². The zero-order chi connectivity index (χ0) is 15.8. The monoisotopic (exact) mass is 300 g/mol. The van der Waals surface area contributed by atoms with Crippen LogP contribution in [0.25, 0.3) is 0 Å². The van der Waals surface area contributed by atoms with E-state index in [-0.39, 0.29) is 30.6 Å². The van der Waals surface area contributed by atoms with Crippen molar-refractivity contribution in [2.75, 3.05) is 33.9 Å². The molecular weight excluding hydrogens is 272 g/mol. The quantitative estimate of drug-likeness (QED) is 0.672. The Hall–Kier alpha value is -1.14. The highest BCUT2D eigenvalue weighted by atomic mass is 16.5. The minimum Gasteiger partial charge on any atom is -0.468 e. The van der Waals surface area contributed by atoms with Crippen LogP contribution in [0.15, 0.2) is 0 Å². The van der Waals surface area contributed by atoms with Crippen LogP contribution in [-0.4, -0.2) is 62.8 Å². The van der Waals surface area contributed by atoms with Crippen molar-refractivity contribution in [3.63, 3.8) is 0 Å². The van der Waals surface area contributed by atoms with E-state index in [2.05, 4.69) is 19.2 Å². The van der Waals surface area contributed by atoms with Crippen molar-refractivity contribution < 1.29 is 19.1 Å². The molecule has 0 saturated carbocycles. The lowest BCUT2D eigenvalue weighted by molar-refractivity contribution is -0.148. The molecule has 1 aliphatic rings. The molecule has 1 saturated heterocycles. The van der Waals surface area contributed by atoms with Gasteiger partial charge in [0.25, 0.3) is 0 Å². The van der Waals surface area contributed by atoms with E-state index in [1.54, 1.807) is 12.0 Å². The van der Waals surface area contributed by atoms with Crippen LogP contribution in [0.2, 0.25) is 0 Å². The number of ether oxygens (including phenoxy) is 2. The van der Waals surface area contributed by atoms with E-state index in [9.17, 15) is 9.59 Å². The summed E-state index contributed by atoms with van der Waals surface area (Å²) in [5.74, 6) is -0.0133. The number of carbonyl (C=O) groups excluding carboxylic acids is 2. The third kappa shape index (κ3) is 5.28. The van der Waals surface area contributed by atoms with Gasteiger partial charge in [-0.15, -0.1) is 0 Å². The van der Waals surface area contributed by atoms with Crippen LogP contribution >= 0.6 is 0 Å². The van der Waals surface area contributed by atoms with Crippen LogP contribution < -0.4 is 5.32 Å². The number of hydrogen-bond donors (Lipinski definition) is 1.